The predicted molar refractivity (Wildman–Crippen MR) is 68.7 cm³/mol. The molecule has 1 saturated carbocycles. The molecule has 1 amide bonds. The van der Waals surface area contributed by atoms with E-state index in [1.807, 2.05) is 0 Å². The largest absolute Gasteiger partial charge is 0.430 e. The van der Waals surface area contributed by atoms with Gasteiger partial charge in [0.2, 0.25) is 11.4 Å². The van der Waals surface area contributed by atoms with Gasteiger partial charge in [0.1, 0.15) is 6.10 Å². The Balaban J connectivity index is 2.54. The molecule has 0 spiro atoms. The summed E-state index contributed by atoms with van der Waals surface area (Å²) in [5, 5.41) is 10.1. The third kappa shape index (κ3) is 2.43. The summed E-state index contributed by atoms with van der Waals surface area (Å²) in [5.74, 6) is -0.578. The van der Waals surface area contributed by atoms with Crippen molar-refractivity contribution in [2.24, 2.45) is 5.73 Å². The normalized spacial score (nSPS) is 27.1. The number of ether oxygens (including phenoxy) is 1. The number of benzene rings is 1. The van der Waals surface area contributed by atoms with Gasteiger partial charge >= 0.3 is 6.09 Å². The van der Waals surface area contributed by atoms with Crippen LogP contribution >= 0.6 is 11.6 Å². The summed E-state index contributed by atoms with van der Waals surface area (Å²) >= 11 is 6.08. The summed E-state index contributed by atoms with van der Waals surface area (Å²) in [4.78, 5) is 23.4. The first-order chi connectivity index (χ1) is 8.97. The second kappa shape index (κ2) is 5.19. The minimum Gasteiger partial charge on any atom is -0.430 e. The Morgan fingerprint density at radius 3 is 2.79 bits per heavy atom. The number of primary amides is 1. The Morgan fingerprint density at radius 2 is 2.16 bits per heavy atom. The molecule has 19 heavy (non-hydrogen) atoms. The number of hydrogen-bond donors (Lipinski definition) is 2. The molecule has 0 heterocycles. The van der Waals surface area contributed by atoms with Crippen molar-refractivity contribution in [1.29, 1.82) is 0 Å². The molecule has 0 radical (unpaired) electrons. The van der Waals surface area contributed by atoms with Crippen LogP contribution in [-0.4, -0.2) is 23.1 Å². The molecule has 1 aliphatic carbocycles. The molecule has 1 aliphatic rings. The van der Waals surface area contributed by atoms with Gasteiger partial charge in [0.05, 0.1) is 0 Å². The number of aliphatic hydroxyl groups is 1. The Kier molecular flexibility index (Phi) is 3.78. The lowest BCUT2D eigenvalue weighted by Gasteiger charge is -2.37. The van der Waals surface area contributed by atoms with Crippen LogP contribution < -0.4 is 5.73 Å². The molecule has 3 N–H and O–H groups in total. The lowest BCUT2D eigenvalue weighted by atomic mass is 9.77. The molecule has 5 nitrogen and oxygen atoms in total. The second-order valence-electron chi connectivity index (χ2n) is 4.50. The molecular formula is C13H14ClNO4. The summed E-state index contributed by atoms with van der Waals surface area (Å²) in [6, 6.07) is 6.58. The van der Waals surface area contributed by atoms with E-state index in [0.717, 1.165) is 0 Å². The van der Waals surface area contributed by atoms with E-state index >= 15 is 0 Å². The third-order valence-corrected chi connectivity index (χ3v) is 3.62. The van der Waals surface area contributed by atoms with Crippen molar-refractivity contribution in [3.63, 3.8) is 0 Å². The SMILES string of the molecule is NC(=O)O[C@@]1(c2ccccc2Cl)CCC[C@H](O)C1=O. The fourth-order valence-corrected chi connectivity index (χ4v) is 2.74. The van der Waals surface area contributed by atoms with Crippen LogP contribution in [0.15, 0.2) is 24.3 Å². The first kappa shape index (κ1) is 13.8. The van der Waals surface area contributed by atoms with E-state index in [0.29, 0.717) is 23.4 Å². The fraction of sp³-hybridized carbons (Fsp3) is 0.385. The molecular weight excluding hydrogens is 270 g/mol. The van der Waals surface area contributed by atoms with Gasteiger partial charge in [-0.2, -0.15) is 0 Å². The predicted octanol–water partition coefficient (Wildman–Crippen LogP) is 1.74. The van der Waals surface area contributed by atoms with Crippen LogP contribution in [0.4, 0.5) is 4.79 Å². The number of amides is 1. The average molecular weight is 284 g/mol. The zero-order chi connectivity index (χ0) is 14.0. The first-order valence-corrected chi connectivity index (χ1v) is 6.31. The highest BCUT2D eigenvalue weighted by atomic mass is 35.5. The van der Waals surface area contributed by atoms with Gasteiger partial charge in [0.15, 0.2) is 0 Å². The quantitative estimate of drug-likeness (QED) is 0.865. The van der Waals surface area contributed by atoms with E-state index in [1.165, 1.54) is 0 Å². The van der Waals surface area contributed by atoms with Crippen molar-refractivity contribution >= 4 is 23.5 Å². The van der Waals surface area contributed by atoms with Crippen LogP contribution in [-0.2, 0) is 15.1 Å². The van der Waals surface area contributed by atoms with Gasteiger partial charge in [-0.3, -0.25) is 4.79 Å². The van der Waals surface area contributed by atoms with Crippen molar-refractivity contribution in [3.05, 3.63) is 34.9 Å². The van der Waals surface area contributed by atoms with Crippen LogP contribution in [0.1, 0.15) is 24.8 Å². The molecule has 6 heteroatoms. The van der Waals surface area contributed by atoms with Crippen molar-refractivity contribution in [3.8, 4) is 0 Å². The molecule has 0 aromatic heterocycles. The molecule has 102 valence electrons. The van der Waals surface area contributed by atoms with Crippen molar-refractivity contribution in [2.75, 3.05) is 0 Å². The van der Waals surface area contributed by atoms with Crippen LogP contribution in [0.5, 0.6) is 0 Å². The van der Waals surface area contributed by atoms with Gasteiger partial charge < -0.3 is 15.6 Å². The first-order valence-electron chi connectivity index (χ1n) is 5.93. The number of Topliss-reactive ketones (excluding diaryl/α,β-unsaturated/α-hetero) is 1. The van der Waals surface area contributed by atoms with Gasteiger partial charge in [-0.1, -0.05) is 29.8 Å². The van der Waals surface area contributed by atoms with E-state index in [4.69, 9.17) is 22.1 Å². The summed E-state index contributed by atoms with van der Waals surface area (Å²) < 4.78 is 5.07. The van der Waals surface area contributed by atoms with E-state index in [9.17, 15) is 14.7 Å². The Labute approximate surface area is 115 Å². The number of aliphatic hydroxyl groups excluding tert-OH is 1. The zero-order valence-corrected chi connectivity index (χ0v) is 10.9. The van der Waals surface area contributed by atoms with Gasteiger partial charge in [-0.15, -0.1) is 0 Å². The Hall–Kier alpha value is -1.59. The Bertz CT molecular complexity index is 519. The highest BCUT2D eigenvalue weighted by Gasteiger charge is 2.49. The van der Waals surface area contributed by atoms with E-state index in [2.05, 4.69) is 0 Å². The molecule has 0 bridgehead atoms. The molecule has 2 rings (SSSR count). The van der Waals surface area contributed by atoms with Gasteiger partial charge in [0, 0.05) is 10.6 Å². The highest BCUT2D eigenvalue weighted by molar-refractivity contribution is 6.31. The van der Waals surface area contributed by atoms with Gasteiger partial charge in [-0.05, 0) is 25.3 Å². The topological polar surface area (TPSA) is 89.6 Å². The maximum atomic E-state index is 12.3. The summed E-state index contributed by atoms with van der Waals surface area (Å²) in [5.41, 5.74) is 3.84. The number of hydrogen-bond acceptors (Lipinski definition) is 4. The minimum absolute atomic E-state index is 0.259. The van der Waals surface area contributed by atoms with Crippen molar-refractivity contribution < 1.29 is 19.4 Å². The third-order valence-electron chi connectivity index (χ3n) is 3.29. The standard InChI is InChI=1S/C13H14ClNO4/c14-9-5-2-1-4-8(9)13(19-12(15)18)7-3-6-10(16)11(13)17/h1-2,4-5,10,16H,3,6-7H2,(H2,15,18)/t10-,13+/m0/s1. The summed E-state index contributed by atoms with van der Waals surface area (Å²) in [6.07, 6.45) is -1.11. The zero-order valence-electron chi connectivity index (χ0n) is 10.1. The molecule has 1 aromatic carbocycles. The minimum atomic E-state index is -1.58. The molecule has 0 saturated heterocycles. The number of rotatable bonds is 2. The maximum Gasteiger partial charge on any atom is 0.405 e. The van der Waals surface area contributed by atoms with Crippen molar-refractivity contribution in [1.82, 2.24) is 0 Å². The van der Waals surface area contributed by atoms with E-state index in [-0.39, 0.29) is 6.42 Å². The van der Waals surface area contributed by atoms with Gasteiger partial charge in [0.25, 0.3) is 0 Å². The lowest BCUT2D eigenvalue weighted by molar-refractivity contribution is -0.153. The molecule has 1 aromatic rings. The van der Waals surface area contributed by atoms with Crippen LogP contribution in [0.2, 0.25) is 5.02 Å². The molecule has 1 fully saturated rings. The van der Waals surface area contributed by atoms with E-state index < -0.39 is 23.6 Å². The van der Waals surface area contributed by atoms with Crippen molar-refractivity contribution in [2.45, 2.75) is 31.0 Å². The van der Waals surface area contributed by atoms with Gasteiger partial charge in [-0.25, -0.2) is 4.79 Å². The average Bonchev–Trinajstić information content (AvgIpc) is 2.35. The monoisotopic (exact) mass is 283 g/mol. The fourth-order valence-electron chi connectivity index (χ4n) is 2.45. The number of carbonyl (C=O) groups is 2. The van der Waals surface area contributed by atoms with Crippen LogP contribution in [0.25, 0.3) is 0 Å². The van der Waals surface area contributed by atoms with E-state index in [1.54, 1.807) is 24.3 Å². The maximum absolute atomic E-state index is 12.3. The number of ketones is 1. The summed E-state index contributed by atoms with van der Waals surface area (Å²) in [6.45, 7) is 0. The molecule has 2 atom stereocenters. The summed E-state index contributed by atoms with van der Waals surface area (Å²) in [7, 11) is 0. The molecule has 0 aliphatic heterocycles. The second-order valence-corrected chi connectivity index (χ2v) is 4.91. The smallest absolute Gasteiger partial charge is 0.405 e. The number of nitrogens with two attached hydrogens (primary N) is 1. The van der Waals surface area contributed by atoms with Crippen LogP contribution in [0.3, 0.4) is 0 Å². The number of carbonyl (C=O) groups excluding carboxylic acids is 2. The molecule has 0 unspecified atom stereocenters. The lowest BCUT2D eigenvalue weighted by Crippen LogP contribution is -2.50. The van der Waals surface area contributed by atoms with Crippen LogP contribution in [0, 0.1) is 0 Å². The Morgan fingerprint density at radius 1 is 1.47 bits per heavy atom. The number of halogens is 1. The highest BCUT2D eigenvalue weighted by Crippen LogP contribution is 2.41.